The third-order valence-electron chi connectivity index (χ3n) is 3.38. The summed E-state index contributed by atoms with van der Waals surface area (Å²) in [5, 5.41) is 0. The number of likely N-dealkylation sites (tertiary alicyclic amines) is 1. The second-order valence-electron chi connectivity index (χ2n) is 4.20. The fraction of sp³-hybridized carbons (Fsp3) is 0.727. The number of nitrogens with zero attached hydrogens (tertiary/aromatic N) is 1. The number of ketones is 1. The van der Waals surface area contributed by atoms with Gasteiger partial charge in [0, 0.05) is 24.9 Å². The maximum Gasteiger partial charge on any atom is 0.158 e. The van der Waals surface area contributed by atoms with Gasteiger partial charge in [0.15, 0.2) is 5.78 Å². The second kappa shape index (κ2) is 3.26. The van der Waals surface area contributed by atoms with Gasteiger partial charge < -0.3 is 4.90 Å². The molecule has 2 unspecified atom stereocenters. The van der Waals surface area contributed by atoms with Crippen molar-refractivity contribution in [2.24, 2.45) is 5.92 Å². The zero-order valence-corrected chi connectivity index (χ0v) is 8.42. The van der Waals surface area contributed by atoms with E-state index in [9.17, 15) is 4.79 Å². The molecule has 72 valence electrons. The maximum atomic E-state index is 11.6. The summed E-state index contributed by atoms with van der Waals surface area (Å²) >= 11 is 0. The lowest BCUT2D eigenvalue weighted by molar-refractivity contribution is -0.115. The normalized spacial score (nSPS) is 33.2. The van der Waals surface area contributed by atoms with Gasteiger partial charge in [0.25, 0.3) is 0 Å². The Bertz CT molecular complexity index is 255. The molecule has 2 atom stereocenters. The van der Waals surface area contributed by atoms with E-state index in [1.165, 1.54) is 6.42 Å². The van der Waals surface area contributed by atoms with E-state index in [2.05, 4.69) is 18.0 Å². The topological polar surface area (TPSA) is 20.3 Å². The number of hydrogen-bond donors (Lipinski definition) is 0. The molecule has 1 aliphatic carbocycles. The Balaban J connectivity index is 2.15. The number of carbonyl (C=O) groups is 1. The van der Waals surface area contributed by atoms with Crippen molar-refractivity contribution in [2.75, 3.05) is 13.6 Å². The van der Waals surface area contributed by atoms with Crippen LogP contribution in [-0.4, -0.2) is 30.3 Å². The van der Waals surface area contributed by atoms with Crippen LogP contribution >= 0.6 is 0 Å². The molecule has 2 heteroatoms. The van der Waals surface area contributed by atoms with Crippen LogP contribution in [0.1, 0.15) is 26.2 Å². The molecule has 2 rings (SSSR count). The van der Waals surface area contributed by atoms with Crippen molar-refractivity contribution in [3.63, 3.8) is 0 Å². The van der Waals surface area contributed by atoms with Crippen LogP contribution in [0.3, 0.4) is 0 Å². The van der Waals surface area contributed by atoms with Crippen molar-refractivity contribution in [3.8, 4) is 0 Å². The Kier molecular flexibility index (Phi) is 2.24. The average molecular weight is 179 g/mol. The van der Waals surface area contributed by atoms with Crippen LogP contribution in [0.25, 0.3) is 0 Å². The highest BCUT2D eigenvalue weighted by molar-refractivity contribution is 5.95. The van der Waals surface area contributed by atoms with Crippen molar-refractivity contribution in [1.82, 2.24) is 4.90 Å². The van der Waals surface area contributed by atoms with E-state index in [4.69, 9.17) is 0 Å². The van der Waals surface area contributed by atoms with E-state index in [1.807, 2.05) is 6.92 Å². The first-order valence-corrected chi connectivity index (χ1v) is 5.16. The van der Waals surface area contributed by atoms with Gasteiger partial charge in [0.05, 0.1) is 0 Å². The van der Waals surface area contributed by atoms with Gasteiger partial charge in [-0.05, 0) is 25.5 Å². The Morgan fingerprint density at radius 3 is 3.15 bits per heavy atom. The number of Topliss-reactive ketones (excluding diaryl/α,β-unsaturated/α-hetero) is 1. The molecule has 13 heavy (non-hydrogen) atoms. The smallest absolute Gasteiger partial charge is 0.158 e. The highest BCUT2D eigenvalue weighted by atomic mass is 16.1. The van der Waals surface area contributed by atoms with Crippen LogP contribution in [0.5, 0.6) is 0 Å². The minimum atomic E-state index is 0.360. The van der Waals surface area contributed by atoms with Gasteiger partial charge >= 0.3 is 0 Å². The molecule has 0 amide bonds. The van der Waals surface area contributed by atoms with Crippen molar-refractivity contribution in [3.05, 3.63) is 11.6 Å². The van der Waals surface area contributed by atoms with E-state index in [0.717, 1.165) is 18.5 Å². The molecule has 0 saturated carbocycles. The maximum absolute atomic E-state index is 11.6. The zero-order chi connectivity index (χ0) is 9.42. The van der Waals surface area contributed by atoms with Gasteiger partial charge in [-0.15, -0.1) is 0 Å². The average Bonchev–Trinajstić information content (AvgIpc) is 2.42. The van der Waals surface area contributed by atoms with E-state index < -0.39 is 0 Å². The summed E-state index contributed by atoms with van der Waals surface area (Å²) in [6.07, 6.45) is 5.12. The number of rotatable bonds is 2. The Morgan fingerprint density at radius 1 is 1.69 bits per heavy atom. The van der Waals surface area contributed by atoms with E-state index in [0.29, 0.717) is 24.2 Å². The summed E-state index contributed by atoms with van der Waals surface area (Å²) in [5.74, 6) is 0.898. The summed E-state index contributed by atoms with van der Waals surface area (Å²) in [6, 6.07) is 0.707. The molecule has 2 nitrogen and oxygen atoms in total. The standard InChI is InChI=1S/C11H17NO/c1-3-11(13)10-5-4-9-6-8(10)7-12(9)2/h5,8-9H,3-4,6-7H2,1-2H3. The SMILES string of the molecule is CCC(=O)C1=CCC2CC1CN2C. The van der Waals surface area contributed by atoms with Gasteiger partial charge in [0.1, 0.15) is 0 Å². The second-order valence-corrected chi connectivity index (χ2v) is 4.20. The third kappa shape index (κ3) is 1.44. The highest BCUT2D eigenvalue weighted by Gasteiger charge is 2.36. The van der Waals surface area contributed by atoms with Gasteiger partial charge in [-0.3, -0.25) is 4.79 Å². The summed E-state index contributed by atoms with van der Waals surface area (Å²) in [6.45, 7) is 3.04. The predicted octanol–water partition coefficient (Wildman–Crippen LogP) is 1.62. The molecule has 2 bridgehead atoms. The van der Waals surface area contributed by atoms with Crippen molar-refractivity contribution in [2.45, 2.75) is 32.2 Å². The Hall–Kier alpha value is -0.630. The molecule has 1 fully saturated rings. The Labute approximate surface area is 79.6 Å². The molecular formula is C11H17NO. The molecule has 2 aliphatic rings. The molecule has 0 aromatic rings. The van der Waals surface area contributed by atoms with Crippen LogP contribution in [-0.2, 0) is 4.79 Å². The molecule has 1 saturated heterocycles. The van der Waals surface area contributed by atoms with Gasteiger partial charge in [-0.2, -0.15) is 0 Å². The summed E-state index contributed by atoms with van der Waals surface area (Å²) in [4.78, 5) is 14.0. The predicted molar refractivity (Wildman–Crippen MR) is 52.5 cm³/mol. The summed E-state index contributed by atoms with van der Waals surface area (Å²) in [5.41, 5.74) is 1.11. The molecule has 0 spiro atoms. The highest BCUT2D eigenvalue weighted by Crippen LogP contribution is 2.35. The summed E-state index contributed by atoms with van der Waals surface area (Å²) in [7, 11) is 2.16. The quantitative estimate of drug-likeness (QED) is 0.642. The van der Waals surface area contributed by atoms with Gasteiger partial charge in [0.2, 0.25) is 0 Å². The molecule has 1 aliphatic heterocycles. The molecular weight excluding hydrogens is 162 g/mol. The van der Waals surface area contributed by atoms with E-state index in [-0.39, 0.29) is 0 Å². The molecule has 0 radical (unpaired) electrons. The van der Waals surface area contributed by atoms with Gasteiger partial charge in [-0.1, -0.05) is 13.0 Å². The molecule has 0 aromatic carbocycles. The lowest BCUT2D eigenvalue weighted by Crippen LogP contribution is -2.23. The van der Waals surface area contributed by atoms with E-state index in [1.54, 1.807) is 0 Å². The van der Waals surface area contributed by atoms with Crippen LogP contribution in [0.4, 0.5) is 0 Å². The number of hydrogen-bond acceptors (Lipinski definition) is 2. The monoisotopic (exact) mass is 179 g/mol. The lowest BCUT2D eigenvalue weighted by Gasteiger charge is -2.19. The Morgan fingerprint density at radius 2 is 2.46 bits per heavy atom. The summed E-state index contributed by atoms with van der Waals surface area (Å²) < 4.78 is 0. The largest absolute Gasteiger partial charge is 0.302 e. The minimum absolute atomic E-state index is 0.360. The molecule has 1 heterocycles. The van der Waals surface area contributed by atoms with Crippen molar-refractivity contribution in [1.29, 1.82) is 0 Å². The number of fused-ring (bicyclic) bond motifs is 2. The number of carbonyl (C=O) groups excluding carboxylic acids is 1. The van der Waals surface area contributed by atoms with Crippen molar-refractivity contribution >= 4 is 5.78 Å². The molecule has 0 N–H and O–H groups in total. The van der Waals surface area contributed by atoms with Crippen molar-refractivity contribution < 1.29 is 4.79 Å². The van der Waals surface area contributed by atoms with Crippen LogP contribution in [0, 0.1) is 5.92 Å². The molecule has 0 aromatic heterocycles. The van der Waals surface area contributed by atoms with Gasteiger partial charge in [-0.25, -0.2) is 0 Å². The minimum Gasteiger partial charge on any atom is -0.302 e. The van der Waals surface area contributed by atoms with Crippen LogP contribution < -0.4 is 0 Å². The fourth-order valence-corrected chi connectivity index (χ4v) is 2.56. The first-order valence-electron chi connectivity index (χ1n) is 5.16. The first kappa shape index (κ1) is 8.95. The lowest BCUT2D eigenvalue weighted by atomic mass is 9.86. The van der Waals surface area contributed by atoms with Crippen LogP contribution in [0.15, 0.2) is 11.6 Å². The zero-order valence-electron chi connectivity index (χ0n) is 8.42. The first-order chi connectivity index (χ1) is 6.22. The fourth-order valence-electron chi connectivity index (χ4n) is 2.56. The third-order valence-corrected chi connectivity index (χ3v) is 3.38. The van der Waals surface area contributed by atoms with Crippen LogP contribution in [0.2, 0.25) is 0 Å². The van der Waals surface area contributed by atoms with E-state index >= 15 is 0 Å².